The van der Waals surface area contributed by atoms with E-state index in [-0.39, 0.29) is 0 Å². The quantitative estimate of drug-likeness (QED) is 0.583. The van der Waals surface area contributed by atoms with Gasteiger partial charge in [0.05, 0.1) is 13.0 Å². The van der Waals surface area contributed by atoms with Crippen molar-refractivity contribution in [3.63, 3.8) is 0 Å². The summed E-state index contributed by atoms with van der Waals surface area (Å²) in [7, 11) is 0.811. The maximum absolute atomic E-state index is 5.09. The second-order valence-corrected chi connectivity index (χ2v) is 9.66. The molecule has 100 valence electrons. The molecule has 2 atom stereocenters. The summed E-state index contributed by atoms with van der Waals surface area (Å²) < 4.78 is 5.09. The van der Waals surface area contributed by atoms with Gasteiger partial charge in [-0.15, -0.1) is 0 Å². The summed E-state index contributed by atoms with van der Waals surface area (Å²) in [5.41, 5.74) is 1.47. The van der Waals surface area contributed by atoms with Crippen LogP contribution in [0.1, 0.15) is 27.7 Å². The molecule has 2 saturated heterocycles. The smallest absolute Gasteiger partial charge is 0.0657 e. The van der Waals surface area contributed by atoms with Gasteiger partial charge in [0, 0.05) is 5.49 Å². The predicted molar refractivity (Wildman–Crippen MR) is 86.3 cm³/mol. The van der Waals surface area contributed by atoms with Gasteiger partial charge in [-0.2, -0.15) is 11.8 Å². The molecule has 0 aromatic heterocycles. The summed E-state index contributed by atoms with van der Waals surface area (Å²) in [6.07, 6.45) is 3.89. The molecular formula is C12H30OP2S. The van der Waals surface area contributed by atoms with Crippen LogP contribution in [-0.4, -0.2) is 49.9 Å². The van der Waals surface area contributed by atoms with E-state index in [9.17, 15) is 0 Å². The Labute approximate surface area is 110 Å². The first-order valence-electron chi connectivity index (χ1n) is 6.31. The minimum absolute atomic E-state index is 0.313. The molecule has 0 amide bonds. The van der Waals surface area contributed by atoms with Gasteiger partial charge in [0.1, 0.15) is 0 Å². The molecule has 2 rings (SSSR count). The minimum atomic E-state index is 0.313. The van der Waals surface area contributed by atoms with E-state index < -0.39 is 0 Å². The molecule has 16 heavy (non-hydrogen) atoms. The number of thioether (sulfide) groups is 1. The normalized spacial score (nSPS) is 26.6. The largest absolute Gasteiger partial charge is 0.377 e. The van der Waals surface area contributed by atoms with Crippen LogP contribution in [-0.2, 0) is 4.74 Å². The molecule has 2 aliphatic heterocycles. The van der Waals surface area contributed by atoms with Gasteiger partial charge in [-0.3, -0.25) is 0 Å². The topological polar surface area (TPSA) is 9.23 Å². The van der Waals surface area contributed by atoms with Gasteiger partial charge in [-0.05, 0) is 31.4 Å². The average molecular weight is 284 g/mol. The number of hydrogen-bond donors (Lipinski definition) is 0. The summed E-state index contributed by atoms with van der Waals surface area (Å²) in [5, 5.41) is 0. The Morgan fingerprint density at radius 3 is 1.69 bits per heavy atom. The Hall–Kier alpha value is 1.17. The lowest BCUT2D eigenvalue weighted by Gasteiger charge is -1.92. The van der Waals surface area contributed by atoms with E-state index in [2.05, 4.69) is 25.1 Å². The second-order valence-electron chi connectivity index (χ2n) is 3.23. The third-order valence-electron chi connectivity index (χ3n) is 1.86. The van der Waals surface area contributed by atoms with Crippen molar-refractivity contribution in [2.75, 3.05) is 49.9 Å². The first kappa shape index (κ1) is 19.5. The highest BCUT2D eigenvalue weighted by molar-refractivity contribution is 8.06. The van der Waals surface area contributed by atoms with Gasteiger partial charge < -0.3 is 4.74 Å². The fraction of sp³-hybridized carbons (Fsp3) is 1.00. The summed E-state index contributed by atoms with van der Waals surface area (Å²) in [6.45, 7) is 13.7. The van der Waals surface area contributed by atoms with Crippen molar-refractivity contribution in [1.29, 1.82) is 0 Å². The Balaban J connectivity index is 0. The molecule has 1 nitrogen and oxygen atoms in total. The Kier molecular flexibility index (Phi) is 19.7. The zero-order valence-electron chi connectivity index (χ0n) is 12.0. The van der Waals surface area contributed by atoms with E-state index in [0.717, 1.165) is 13.0 Å². The first-order valence-corrected chi connectivity index (χ1v) is 11.8. The summed E-state index contributed by atoms with van der Waals surface area (Å²) in [6, 6.07) is 0. The molecule has 0 aromatic rings. The average Bonchev–Trinajstić information content (AvgIpc) is 2.98. The highest BCUT2D eigenvalue weighted by Gasteiger charge is 2.07. The lowest BCUT2D eigenvalue weighted by Crippen LogP contribution is -1.78. The van der Waals surface area contributed by atoms with Crippen LogP contribution in [0.2, 0.25) is 0 Å². The summed E-state index contributed by atoms with van der Waals surface area (Å²) in [4.78, 5) is 0. The van der Waals surface area contributed by atoms with Crippen molar-refractivity contribution < 1.29 is 4.74 Å². The lowest BCUT2D eigenvalue weighted by molar-refractivity contribution is 0.216. The molecule has 0 saturated carbocycles. The molecule has 0 bridgehead atoms. The lowest BCUT2D eigenvalue weighted by atomic mass is 10.9. The molecule has 2 unspecified atom stereocenters. The molecular weight excluding hydrogens is 254 g/mol. The third-order valence-corrected chi connectivity index (χ3v) is 7.70. The maximum Gasteiger partial charge on any atom is 0.0657 e. The van der Waals surface area contributed by atoms with E-state index in [1.807, 2.05) is 27.7 Å². The fourth-order valence-electron chi connectivity index (χ4n) is 1.01. The van der Waals surface area contributed by atoms with Crippen LogP contribution in [0.4, 0.5) is 0 Å². The molecule has 4 heteroatoms. The SMILES string of the molecule is CC.CC.CP1CCOC1.CP1CCSC1. The van der Waals surface area contributed by atoms with Crippen LogP contribution in [0.3, 0.4) is 0 Å². The highest BCUT2D eigenvalue weighted by Crippen LogP contribution is 2.41. The van der Waals surface area contributed by atoms with Crippen LogP contribution in [0, 0.1) is 0 Å². The Bertz CT molecular complexity index is 99.6. The van der Waals surface area contributed by atoms with E-state index >= 15 is 0 Å². The third kappa shape index (κ3) is 13.2. The second kappa shape index (κ2) is 16.2. The molecule has 0 aromatic carbocycles. The highest BCUT2D eigenvalue weighted by atomic mass is 32.2. The van der Waals surface area contributed by atoms with Crippen molar-refractivity contribution in [3.8, 4) is 0 Å². The first-order chi connectivity index (χ1) is 7.79. The zero-order valence-corrected chi connectivity index (χ0v) is 14.6. The predicted octanol–water partition coefficient (Wildman–Crippen LogP) is 4.94. The molecule has 0 radical (unpaired) electrons. The van der Waals surface area contributed by atoms with E-state index in [1.54, 1.807) is 0 Å². The molecule has 2 heterocycles. The van der Waals surface area contributed by atoms with Crippen molar-refractivity contribution >= 4 is 27.6 Å². The summed E-state index contributed by atoms with van der Waals surface area (Å²) in [5.74, 6) is 1.43. The number of ether oxygens (including phenoxy) is 1. The standard InChI is InChI=1S/C4H9OP.C4H9PS.2C2H6/c1-6-3-2-5-4-6;1-5-2-3-6-4-5;2*1-2/h2*2-4H2,1H3;2*1-2H3. The number of rotatable bonds is 0. The van der Waals surface area contributed by atoms with Crippen LogP contribution >= 0.6 is 27.6 Å². The molecule has 0 aliphatic carbocycles. The Morgan fingerprint density at radius 1 is 0.938 bits per heavy atom. The van der Waals surface area contributed by atoms with Crippen LogP contribution in [0.25, 0.3) is 0 Å². The van der Waals surface area contributed by atoms with Gasteiger partial charge in [-0.1, -0.05) is 43.5 Å². The van der Waals surface area contributed by atoms with E-state index in [0.29, 0.717) is 15.8 Å². The summed E-state index contributed by atoms with van der Waals surface area (Å²) >= 11 is 2.11. The van der Waals surface area contributed by atoms with Crippen LogP contribution in [0.5, 0.6) is 0 Å². The van der Waals surface area contributed by atoms with Gasteiger partial charge in [0.25, 0.3) is 0 Å². The van der Waals surface area contributed by atoms with Gasteiger partial charge >= 0.3 is 0 Å². The molecule has 0 spiro atoms. The Morgan fingerprint density at radius 2 is 1.56 bits per heavy atom. The number of hydrogen-bond acceptors (Lipinski definition) is 2. The van der Waals surface area contributed by atoms with Gasteiger partial charge in [-0.25, -0.2) is 0 Å². The maximum atomic E-state index is 5.09. The van der Waals surface area contributed by atoms with Crippen molar-refractivity contribution in [2.45, 2.75) is 27.7 Å². The molecule has 0 N–H and O–H groups in total. The zero-order chi connectivity index (χ0) is 12.8. The monoisotopic (exact) mass is 284 g/mol. The van der Waals surface area contributed by atoms with Gasteiger partial charge in [0.2, 0.25) is 0 Å². The molecule has 2 fully saturated rings. The fourth-order valence-corrected chi connectivity index (χ4v) is 6.06. The van der Waals surface area contributed by atoms with E-state index in [1.165, 1.54) is 23.6 Å². The van der Waals surface area contributed by atoms with Gasteiger partial charge in [0.15, 0.2) is 0 Å². The minimum Gasteiger partial charge on any atom is -0.377 e. The van der Waals surface area contributed by atoms with Crippen molar-refractivity contribution in [2.24, 2.45) is 0 Å². The van der Waals surface area contributed by atoms with E-state index in [4.69, 9.17) is 4.74 Å². The van der Waals surface area contributed by atoms with Crippen LogP contribution in [0.15, 0.2) is 0 Å². The van der Waals surface area contributed by atoms with Crippen LogP contribution < -0.4 is 0 Å². The molecule has 2 aliphatic rings. The van der Waals surface area contributed by atoms with Crippen molar-refractivity contribution in [1.82, 2.24) is 0 Å². The van der Waals surface area contributed by atoms with Crippen molar-refractivity contribution in [3.05, 3.63) is 0 Å².